The van der Waals surface area contributed by atoms with Crippen molar-refractivity contribution in [2.45, 2.75) is 44.9 Å². The maximum Gasteiger partial charge on any atom is 0.0926 e. The first-order valence-electron chi connectivity index (χ1n) is 5.51. The van der Waals surface area contributed by atoms with Gasteiger partial charge in [-0.1, -0.05) is 6.92 Å². The van der Waals surface area contributed by atoms with Crippen molar-refractivity contribution in [2.75, 3.05) is 7.11 Å². The summed E-state index contributed by atoms with van der Waals surface area (Å²) in [5.41, 5.74) is 1.18. The normalized spacial score (nSPS) is 25.2. The van der Waals surface area contributed by atoms with Crippen molar-refractivity contribution in [2.24, 2.45) is 0 Å². The molecule has 0 aliphatic heterocycles. The summed E-state index contributed by atoms with van der Waals surface area (Å²) in [6, 6.07) is 0.627. The number of aryl methyl sites for hydroxylation is 1. The smallest absolute Gasteiger partial charge is 0.0926 e. The molecule has 3 nitrogen and oxygen atoms in total. The highest BCUT2D eigenvalue weighted by Crippen LogP contribution is 2.22. The van der Waals surface area contributed by atoms with Crippen molar-refractivity contribution >= 4 is 11.3 Å². The minimum atomic E-state index is 0.476. The topological polar surface area (TPSA) is 34.2 Å². The summed E-state index contributed by atoms with van der Waals surface area (Å²) in [4.78, 5) is 4.52. The van der Waals surface area contributed by atoms with E-state index in [1.807, 2.05) is 0 Å². The van der Waals surface area contributed by atoms with E-state index in [0.29, 0.717) is 12.1 Å². The lowest BCUT2D eigenvalue weighted by Gasteiger charge is -2.34. The molecule has 0 saturated heterocycles. The van der Waals surface area contributed by atoms with Crippen LogP contribution in [-0.4, -0.2) is 24.2 Å². The molecule has 0 amide bonds. The Morgan fingerprint density at radius 3 is 3.00 bits per heavy atom. The maximum atomic E-state index is 5.24. The highest BCUT2D eigenvalue weighted by atomic mass is 32.1. The van der Waals surface area contributed by atoms with E-state index in [1.54, 1.807) is 18.4 Å². The van der Waals surface area contributed by atoms with Crippen LogP contribution >= 0.6 is 11.3 Å². The zero-order valence-electron chi connectivity index (χ0n) is 9.32. The van der Waals surface area contributed by atoms with E-state index in [0.717, 1.165) is 25.8 Å². The number of ether oxygens (including phenoxy) is 1. The van der Waals surface area contributed by atoms with Gasteiger partial charge in [-0.3, -0.25) is 0 Å². The van der Waals surface area contributed by atoms with Crippen molar-refractivity contribution < 1.29 is 4.74 Å². The van der Waals surface area contributed by atoms with Crippen LogP contribution in [0.4, 0.5) is 0 Å². The zero-order chi connectivity index (χ0) is 10.7. The van der Waals surface area contributed by atoms with Crippen molar-refractivity contribution in [3.05, 3.63) is 16.1 Å². The Kier molecular flexibility index (Phi) is 3.72. The number of nitrogens with zero attached hydrogens (tertiary/aromatic N) is 1. The molecule has 0 spiro atoms. The molecule has 0 bridgehead atoms. The Labute approximate surface area is 94.9 Å². The largest absolute Gasteiger partial charge is 0.381 e. The first-order chi connectivity index (χ1) is 7.31. The Bertz CT molecular complexity index is 307. The lowest BCUT2D eigenvalue weighted by atomic mass is 9.89. The quantitative estimate of drug-likeness (QED) is 0.833. The van der Waals surface area contributed by atoms with Crippen molar-refractivity contribution in [3.8, 4) is 0 Å². The first-order valence-corrected chi connectivity index (χ1v) is 6.39. The van der Waals surface area contributed by atoms with E-state index in [4.69, 9.17) is 4.74 Å². The Hall–Kier alpha value is -0.450. The molecule has 1 aromatic rings. The van der Waals surface area contributed by atoms with Crippen LogP contribution in [0.3, 0.4) is 0 Å². The van der Waals surface area contributed by atoms with Gasteiger partial charge < -0.3 is 10.1 Å². The summed E-state index contributed by atoms with van der Waals surface area (Å²) in [7, 11) is 1.79. The van der Waals surface area contributed by atoms with Crippen LogP contribution in [0, 0.1) is 0 Å². The van der Waals surface area contributed by atoms with Crippen LogP contribution in [0.25, 0.3) is 0 Å². The fourth-order valence-electron chi connectivity index (χ4n) is 1.77. The van der Waals surface area contributed by atoms with Crippen molar-refractivity contribution in [1.29, 1.82) is 0 Å². The predicted octanol–water partition coefficient (Wildman–Crippen LogP) is 1.97. The van der Waals surface area contributed by atoms with Gasteiger partial charge in [-0.2, -0.15) is 0 Å². The van der Waals surface area contributed by atoms with Gasteiger partial charge in [-0.15, -0.1) is 11.3 Å². The van der Waals surface area contributed by atoms with Gasteiger partial charge in [0, 0.05) is 25.1 Å². The van der Waals surface area contributed by atoms with Gasteiger partial charge in [0.25, 0.3) is 0 Å². The van der Waals surface area contributed by atoms with Crippen molar-refractivity contribution in [1.82, 2.24) is 10.3 Å². The summed E-state index contributed by atoms with van der Waals surface area (Å²) in [5.74, 6) is 0. The second-order valence-corrected chi connectivity index (χ2v) is 4.94. The third-order valence-corrected chi connectivity index (χ3v) is 3.94. The number of hydrogen-bond acceptors (Lipinski definition) is 4. The molecule has 4 heteroatoms. The molecule has 1 saturated carbocycles. The average molecular weight is 226 g/mol. The van der Waals surface area contributed by atoms with Gasteiger partial charge in [0.1, 0.15) is 0 Å². The summed E-state index contributed by atoms with van der Waals surface area (Å²) >= 11 is 1.76. The second kappa shape index (κ2) is 5.05. The first kappa shape index (κ1) is 11.0. The Balaban J connectivity index is 1.70. The number of nitrogens with one attached hydrogen (secondary N) is 1. The Morgan fingerprint density at radius 1 is 1.60 bits per heavy atom. The molecule has 0 atom stereocenters. The minimum Gasteiger partial charge on any atom is -0.381 e. The predicted molar refractivity (Wildman–Crippen MR) is 62.2 cm³/mol. The number of rotatable bonds is 5. The Morgan fingerprint density at radius 2 is 2.40 bits per heavy atom. The van der Waals surface area contributed by atoms with Crippen LogP contribution in [0.1, 0.15) is 30.5 Å². The summed E-state index contributed by atoms with van der Waals surface area (Å²) in [6.07, 6.45) is 3.80. The second-order valence-electron chi connectivity index (χ2n) is 3.99. The lowest BCUT2D eigenvalue weighted by molar-refractivity contribution is 0.0169. The van der Waals surface area contributed by atoms with E-state index < -0.39 is 0 Å². The van der Waals surface area contributed by atoms with Gasteiger partial charge in [0.2, 0.25) is 0 Å². The van der Waals surface area contributed by atoms with E-state index >= 15 is 0 Å². The molecule has 84 valence electrons. The number of thiazole rings is 1. The molecule has 0 aromatic carbocycles. The van der Waals surface area contributed by atoms with E-state index in [2.05, 4.69) is 22.6 Å². The van der Waals surface area contributed by atoms with Crippen LogP contribution < -0.4 is 5.32 Å². The fraction of sp³-hybridized carbons (Fsp3) is 0.727. The number of hydrogen-bond donors (Lipinski definition) is 1. The molecule has 15 heavy (non-hydrogen) atoms. The highest BCUT2D eigenvalue weighted by Gasteiger charge is 2.28. The molecule has 1 N–H and O–H groups in total. The van der Waals surface area contributed by atoms with E-state index in [9.17, 15) is 0 Å². The standard InChI is InChI=1S/C11H18N2OS/c1-3-11-13-9(7-15-11)6-12-8-4-10(5-8)14-2/h7-8,10,12H,3-6H2,1-2H3. The zero-order valence-corrected chi connectivity index (χ0v) is 10.1. The SMILES string of the molecule is CCc1nc(CNC2CC(OC)C2)cs1. The molecule has 1 heterocycles. The molecule has 1 aromatic heterocycles. The average Bonchev–Trinajstić information content (AvgIpc) is 2.64. The van der Waals surface area contributed by atoms with Crippen LogP contribution in [-0.2, 0) is 17.7 Å². The maximum absolute atomic E-state index is 5.24. The molecule has 2 rings (SSSR count). The minimum absolute atomic E-state index is 0.476. The molecule has 0 radical (unpaired) electrons. The highest BCUT2D eigenvalue weighted by molar-refractivity contribution is 7.09. The molecular formula is C11H18N2OS. The summed E-state index contributed by atoms with van der Waals surface area (Å²) in [5, 5.41) is 6.88. The molecule has 0 unspecified atom stereocenters. The van der Waals surface area contributed by atoms with Gasteiger partial charge in [0.05, 0.1) is 16.8 Å². The van der Waals surface area contributed by atoms with Crippen LogP contribution in [0.15, 0.2) is 5.38 Å². The molecule has 1 aliphatic carbocycles. The molecular weight excluding hydrogens is 208 g/mol. The van der Waals surface area contributed by atoms with Crippen LogP contribution in [0.5, 0.6) is 0 Å². The van der Waals surface area contributed by atoms with E-state index in [-0.39, 0.29) is 0 Å². The van der Waals surface area contributed by atoms with Crippen LogP contribution in [0.2, 0.25) is 0 Å². The summed E-state index contributed by atoms with van der Waals surface area (Å²) < 4.78 is 5.24. The third kappa shape index (κ3) is 2.77. The third-order valence-electron chi connectivity index (χ3n) is 2.90. The molecule has 1 aliphatic rings. The van der Waals surface area contributed by atoms with Gasteiger partial charge in [-0.05, 0) is 19.3 Å². The number of aromatic nitrogens is 1. The van der Waals surface area contributed by atoms with Gasteiger partial charge in [-0.25, -0.2) is 4.98 Å². The van der Waals surface area contributed by atoms with Gasteiger partial charge in [0.15, 0.2) is 0 Å². The fourth-order valence-corrected chi connectivity index (χ4v) is 2.51. The molecule has 1 fully saturated rings. The monoisotopic (exact) mass is 226 g/mol. The summed E-state index contributed by atoms with van der Waals surface area (Å²) in [6.45, 7) is 3.04. The number of methoxy groups -OCH3 is 1. The van der Waals surface area contributed by atoms with Crippen molar-refractivity contribution in [3.63, 3.8) is 0 Å². The van der Waals surface area contributed by atoms with E-state index in [1.165, 1.54) is 10.7 Å². The lowest BCUT2D eigenvalue weighted by Crippen LogP contribution is -2.44. The van der Waals surface area contributed by atoms with Gasteiger partial charge >= 0.3 is 0 Å².